The lowest BCUT2D eigenvalue weighted by Gasteiger charge is -2.53. The third-order valence-corrected chi connectivity index (χ3v) is 5.05. The summed E-state index contributed by atoms with van der Waals surface area (Å²) in [7, 11) is 0. The molecule has 1 aromatic rings. The van der Waals surface area contributed by atoms with E-state index in [1.807, 2.05) is 0 Å². The molecule has 1 saturated carbocycles. The van der Waals surface area contributed by atoms with Crippen molar-refractivity contribution in [3.05, 3.63) is 34.3 Å². The second-order valence-corrected chi connectivity index (χ2v) is 6.52. The summed E-state index contributed by atoms with van der Waals surface area (Å²) in [4.78, 5) is 0. The largest absolute Gasteiger partial charge is 0.378 e. The van der Waals surface area contributed by atoms with Crippen LogP contribution in [0.1, 0.15) is 39.2 Å². The molecule has 0 aromatic heterocycles. The van der Waals surface area contributed by atoms with E-state index in [2.05, 4.69) is 66.3 Å². The second kappa shape index (κ2) is 6.38. The van der Waals surface area contributed by atoms with E-state index in [4.69, 9.17) is 4.74 Å². The summed E-state index contributed by atoms with van der Waals surface area (Å²) >= 11 is 3.52. The molecule has 1 aromatic carbocycles. The molecule has 1 N–H and O–H groups in total. The van der Waals surface area contributed by atoms with Gasteiger partial charge in [-0.25, -0.2) is 0 Å². The summed E-state index contributed by atoms with van der Waals surface area (Å²) < 4.78 is 6.98. The van der Waals surface area contributed by atoms with Crippen molar-refractivity contribution in [2.45, 2.75) is 52.3 Å². The molecule has 0 amide bonds. The molecule has 3 atom stereocenters. The first-order chi connectivity index (χ1) is 9.10. The predicted octanol–water partition coefficient (Wildman–Crippen LogP) is 4.13. The van der Waals surface area contributed by atoms with Crippen molar-refractivity contribution in [3.8, 4) is 0 Å². The number of benzene rings is 1. The molecule has 1 aliphatic rings. The summed E-state index contributed by atoms with van der Waals surface area (Å²) in [5.41, 5.74) is 1.61. The Kier molecular flexibility index (Phi) is 5.04. The normalized spacial score (nSPS) is 30.1. The van der Waals surface area contributed by atoms with Gasteiger partial charge >= 0.3 is 0 Å². The first-order valence-electron chi connectivity index (χ1n) is 7.19. The van der Waals surface area contributed by atoms with Crippen LogP contribution in [0.15, 0.2) is 28.7 Å². The van der Waals surface area contributed by atoms with Crippen LogP contribution in [0.3, 0.4) is 0 Å². The maximum Gasteiger partial charge on any atom is 0.0658 e. The fourth-order valence-electron chi connectivity index (χ4n) is 2.95. The SMILES string of the molecule is CCOC1CC(NCc2cccc(Br)c2)C1(C)CC. The topological polar surface area (TPSA) is 21.3 Å². The summed E-state index contributed by atoms with van der Waals surface area (Å²) in [5.74, 6) is 0. The van der Waals surface area contributed by atoms with Crippen molar-refractivity contribution in [3.63, 3.8) is 0 Å². The Morgan fingerprint density at radius 2 is 2.21 bits per heavy atom. The van der Waals surface area contributed by atoms with Crippen LogP contribution in [0.25, 0.3) is 0 Å². The molecule has 106 valence electrons. The number of rotatable bonds is 6. The Hall–Kier alpha value is -0.380. The van der Waals surface area contributed by atoms with Crippen LogP contribution < -0.4 is 5.32 Å². The monoisotopic (exact) mass is 325 g/mol. The fourth-order valence-corrected chi connectivity index (χ4v) is 3.40. The van der Waals surface area contributed by atoms with Gasteiger partial charge in [0.1, 0.15) is 0 Å². The van der Waals surface area contributed by atoms with E-state index in [0.29, 0.717) is 12.1 Å². The van der Waals surface area contributed by atoms with Gasteiger partial charge < -0.3 is 10.1 Å². The Balaban J connectivity index is 1.90. The van der Waals surface area contributed by atoms with E-state index in [-0.39, 0.29) is 5.41 Å². The number of nitrogens with one attached hydrogen (secondary N) is 1. The molecular weight excluding hydrogens is 302 g/mol. The zero-order valence-corrected chi connectivity index (χ0v) is 13.7. The number of ether oxygens (including phenoxy) is 1. The molecule has 0 saturated heterocycles. The summed E-state index contributed by atoms with van der Waals surface area (Å²) in [5, 5.41) is 3.69. The van der Waals surface area contributed by atoms with Crippen LogP contribution in [0.4, 0.5) is 0 Å². The standard InChI is InChI=1S/C16H24BrNO/c1-4-16(3)14(10-15(16)19-5-2)18-11-12-7-6-8-13(17)9-12/h6-9,14-15,18H,4-5,10-11H2,1-3H3. The summed E-state index contributed by atoms with van der Waals surface area (Å²) in [6, 6.07) is 9.06. The van der Waals surface area contributed by atoms with E-state index in [9.17, 15) is 0 Å². The average molecular weight is 326 g/mol. The number of halogens is 1. The van der Waals surface area contributed by atoms with Gasteiger partial charge in [-0.3, -0.25) is 0 Å². The van der Waals surface area contributed by atoms with E-state index in [1.165, 1.54) is 5.56 Å². The van der Waals surface area contributed by atoms with E-state index in [1.54, 1.807) is 0 Å². The Morgan fingerprint density at radius 1 is 1.42 bits per heavy atom. The zero-order chi connectivity index (χ0) is 13.9. The molecule has 0 aliphatic heterocycles. The number of hydrogen-bond acceptors (Lipinski definition) is 2. The van der Waals surface area contributed by atoms with Gasteiger partial charge in [-0.05, 0) is 37.5 Å². The highest BCUT2D eigenvalue weighted by molar-refractivity contribution is 9.10. The van der Waals surface area contributed by atoms with Gasteiger partial charge in [-0.1, -0.05) is 41.9 Å². The molecule has 0 spiro atoms. The van der Waals surface area contributed by atoms with Crippen LogP contribution in [-0.4, -0.2) is 18.8 Å². The van der Waals surface area contributed by atoms with Crippen molar-refractivity contribution in [2.24, 2.45) is 5.41 Å². The second-order valence-electron chi connectivity index (χ2n) is 5.60. The molecule has 19 heavy (non-hydrogen) atoms. The molecule has 1 fully saturated rings. The Bertz CT molecular complexity index is 423. The third-order valence-electron chi connectivity index (χ3n) is 4.55. The van der Waals surface area contributed by atoms with Gasteiger partial charge in [-0.15, -0.1) is 0 Å². The quantitative estimate of drug-likeness (QED) is 0.849. The van der Waals surface area contributed by atoms with E-state index in [0.717, 1.165) is 30.5 Å². The molecule has 2 rings (SSSR count). The van der Waals surface area contributed by atoms with Crippen LogP contribution in [-0.2, 0) is 11.3 Å². The average Bonchev–Trinajstić information content (AvgIpc) is 2.41. The maximum atomic E-state index is 5.84. The van der Waals surface area contributed by atoms with Crippen LogP contribution in [0, 0.1) is 5.41 Å². The number of hydrogen-bond donors (Lipinski definition) is 1. The van der Waals surface area contributed by atoms with Crippen LogP contribution >= 0.6 is 15.9 Å². The first-order valence-corrected chi connectivity index (χ1v) is 7.99. The molecular formula is C16H24BrNO. The van der Waals surface area contributed by atoms with E-state index >= 15 is 0 Å². The lowest BCUT2D eigenvalue weighted by molar-refractivity contribution is -0.126. The Labute approximate surface area is 125 Å². The van der Waals surface area contributed by atoms with Gasteiger partial charge in [0, 0.05) is 29.1 Å². The van der Waals surface area contributed by atoms with Crippen molar-refractivity contribution >= 4 is 15.9 Å². The third kappa shape index (κ3) is 3.21. The highest BCUT2D eigenvalue weighted by atomic mass is 79.9. The zero-order valence-electron chi connectivity index (χ0n) is 12.1. The van der Waals surface area contributed by atoms with Gasteiger partial charge in [0.05, 0.1) is 6.10 Å². The first kappa shape index (κ1) is 15.0. The van der Waals surface area contributed by atoms with Crippen molar-refractivity contribution < 1.29 is 4.74 Å². The lowest BCUT2D eigenvalue weighted by Crippen LogP contribution is -2.61. The minimum absolute atomic E-state index is 0.280. The molecule has 1 aliphatic carbocycles. The van der Waals surface area contributed by atoms with Crippen molar-refractivity contribution in [1.82, 2.24) is 5.32 Å². The smallest absolute Gasteiger partial charge is 0.0658 e. The molecule has 0 heterocycles. The fraction of sp³-hybridized carbons (Fsp3) is 0.625. The summed E-state index contributed by atoms with van der Waals surface area (Å²) in [6.07, 6.45) is 2.71. The van der Waals surface area contributed by atoms with Crippen molar-refractivity contribution in [2.75, 3.05) is 6.61 Å². The predicted molar refractivity (Wildman–Crippen MR) is 83.2 cm³/mol. The maximum absolute atomic E-state index is 5.84. The molecule has 3 unspecified atom stereocenters. The molecule has 0 radical (unpaired) electrons. The van der Waals surface area contributed by atoms with Crippen LogP contribution in [0.5, 0.6) is 0 Å². The highest BCUT2D eigenvalue weighted by Crippen LogP contribution is 2.45. The summed E-state index contributed by atoms with van der Waals surface area (Å²) in [6.45, 7) is 8.43. The molecule has 2 nitrogen and oxygen atoms in total. The van der Waals surface area contributed by atoms with Crippen LogP contribution in [0.2, 0.25) is 0 Å². The van der Waals surface area contributed by atoms with E-state index < -0.39 is 0 Å². The highest BCUT2D eigenvalue weighted by Gasteiger charge is 2.50. The van der Waals surface area contributed by atoms with Gasteiger partial charge in [0.2, 0.25) is 0 Å². The lowest BCUT2D eigenvalue weighted by atomic mass is 9.61. The Morgan fingerprint density at radius 3 is 2.84 bits per heavy atom. The van der Waals surface area contributed by atoms with Gasteiger partial charge in [0.25, 0.3) is 0 Å². The van der Waals surface area contributed by atoms with Gasteiger partial charge in [0.15, 0.2) is 0 Å². The minimum atomic E-state index is 0.280. The van der Waals surface area contributed by atoms with Gasteiger partial charge in [-0.2, -0.15) is 0 Å². The molecule has 3 heteroatoms. The molecule has 0 bridgehead atoms. The van der Waals surface area contributed by atoms with Crippen molar-refractivity contribution in [1.29, 1.82) is 0 Å². The minimum Gasteiger partial charge on any atom is -0.378 e.